The van der Waals surface area contributed by atoms with Crippen LogP contribution in [0.5, 0.6) is 17.2 Å². The quantitative estimate of drug-likeness (QED) is 0.507. The third kappa shape index (κ3) is 4.51. The second-order valence-corrected chi connectivity index (χ2v) is 7.21. The zero-order chi connectivity index (χ0) is 18.2. The van der Waals surface area contributed by atoms with Crippen LogP contribution in [0.25, 0.3) is 0 Å². The highest BCUT2D eigenvalue weighted by Gasteiger charge is 2.38. The molecular formula is C23H30O3. The highest BCUT2D eigenvalue weighted by molar-refractivity contribution is 5.43. The summed E-state index contributed by atoms with van der Waals surface area (Å²) in [6.45, 7) is 0.796. The Morgan fingerprint density at radius 1 is 0.808 bits per heavy atom. The lowest BCUT2D eigenvalue weighted by atomic mass is 9.62. The Morgan fingerprint density at radius 2 is 1.50 bits per heavy atom. The van der Waals surface area contributed by atoms with E-state index in [-0.39, 0.29) is 0 Å². The molecule has 0 saturated heterocycles. The molecule has 1 saturated carbocycles. The molecule has 1 aliphatic carbocycles. The first-order valence-corrected chi connectivity index (χ1v) is 9.67. The lowest BCUT2D eigenvalue weighted by Crippen LogP contribution is -2.34. The van der Waals surface area contributed by atoms with Crippen molar-refractivity contribution in [3.8, 4) is 17.2 Å². The van der Waals surface area contributed by atoms with E-state index in [1.807, 2.05) is 36.4 Å². The Kier molecular flexibility index (Phi) is 6.43. The van der Waals surface area contributed by atoms with Gasteiger partial charge in [0.2, 0.25) is 0 Å². The molecule has 0 unspecified atom stereocenters. The van der Waals surface area contributed by atoms with Gasteiger partial charge in [0.1, 0.15) is 17.2 Å². The van der Waals surface area contributed by atoms with Crippen LogP contribution in [0.2, 0.25) is 0 Å². The maximum atomic E-state index is 5.79. The van der Waals surface area contributed by atoms with Crippen LogP contribution in [0.3, 0.4) is 0 Å². The number of para-hydroxylation sites is 1. The van der Waals surface area contributed by atoms with E-state index in [4.69, 9.17) is 14.2 Å². The van der Waals surface area contributed by atoms with Crippen molar-refractivity contribution >= 4 is 0 Å². The summed E-state index contributed by atoms with van der Waals surface area (Å²) >= 11 is 0. The fourth-order valence-electron chi connectivity index (χ4n) is 3.85. The van der Waals surface area contributed by atoms with Crippen LogP contribution in [0.15, 0.2) is 48.5 Å². The molecule has 0 aliphatic heterocycles. The summed E-state index contributed by atoms with van der Waals surface area (Å²) in [7, 11) is 3.44. The molecule has 0 aromatic heterocycles. The maximum Gasteiger partial charge on any atom is 0.122 e. The van der Waals surface area contributed by atoms with E-state index in [9.17, 15) is 0 Å². The minimum absolute atomic E-state index is 0.308. The Morgan fingerprint density at radius 3 is 2.08 bits per heavy atom. The van der Waals surface area contributed by atoms with Gasteiger partial charge in [0.15, 0.2) is 0 Å². The molecule has 0 atom stereocenters. The predicted octanol–water partition coefficient (Wildman–Crippen LogP) is 5.76. The third-order valence-corrected chi connectivity index (χ3v) is 5.59. The number of benzene rings is 2. The lowest BCUT2D eigenvalue weighted by molar-refractivity contribution is 0.214. The van der Waals surface area contributed by atoms with Crippen LogP contribution < -0.4 is 14.2 Å². The molecule has 3 heteroatoms. The SMILES string of the molecule is COc1cc(OC)cc(C2(CCCCCOc3ccccc3)CCC2)c1. The monoisotopic (exact) mass is 354 g/mol. The molecule has 2 aromatic rings. The van der Waals surface area contributed by atoms with Crippen LogP contribution in [-0.4, -0.2) is 20.8 Å². The van der Waals surface area contributed by atoms with Gasteiger partial charge in [-0.25, -0.2) is 0 Å². The molecular weight excluding hydrogens is 324 g/mol. The zero-order valence-corrected chi connectivity index (χ0v) is 16.0. The number of methoxy groups -OCH3 is 2. The van der Waals surface area contributed by atoms with Gasteiger partial charge < -0.3 is 14.2 Å². The second-order valence-electron chi connectivity index (χ2n) is 7.21. The van der Waals surface area contributed by atoms with E-state index in [0.717, 1.165) is 30.3 Å². The number of rotatable bonds is 10. The van der Waals surface area contributed by atoms with Gasteiger partial charge in [-0.15, -0.1) is 0 Å². The zero-order valence-electron chi connectivity index (χ0n) is 16.0. The summed E-state index contributed by atoms with van der Waals surface area (Å²) in [5.74, 6) is 2.75. The highest BCUT2D eigenvalue weighted by atomic mass is 16.5. The molecule has 1 aliphatic rings. The Bertz CT molecular complexity index is 655. The van der Waals surface area contributed by atoms with E-state index >= 15 is 0 Å². The molecule has 0 amide bonds. The van der Waals surface area contributed by atoms with Gasteiger partial charge in [0.25, 0.3) is 0 Å². The van der Waals surface area contributed by atoms with E-state index < -0.39 is 0 Å². The molecule has 0 heterocycles. The molecule has 0 bridgehead atoms. The molecule has 3 nitrogen and oxygen atoms in total. The van der Waals surface area contributed by atoms with Gasteiger partial charge in [-0.1, -0.05) is 37.5 Å². The molecule has 1 fully saturated rings. The number of hydrogen-bond donors (Lipinski definition) is 0. The fourth-order valence-corrected chi connectivity index (χ4v) is 3.85. The minimum atomic E-state index is 0.308. The molecule has 140 valence electrons. The van der Waals surface area contributed by atoms with Gasteiger partial charge >= 0.3 is 0 Å². The van der Waals surface area contributed by atoms with E-state index in [2.05, 4.69) is 12.1 Å². The Labute approximate surface area is 157 Å². The Balaban J connectivity index is 1.49. The molecule has 0 radical (unpaired) electrons. The van der Waals surface area contributed by atoms with Gasteiger partial charge in [0.05, 0.1) is 20.8 Å². The van der Waals surface area contributed by atoms with Crippen molar-refractivity contribution in [2.75, 3.05) is 20.8 Å². The summed E-state index contributed by atoms with van der Waals surface area (Å²) in [5, 5.41) is 0. The van der Waals surface area contributed by atoms with Crippen molar-refractivity contribution in [3.63, 3.8) is 0 Å². The smallest absolute Gasteiger partial charge is 0.122 e. The summed E-state index contributed by atoms with van der Waals surface area (Å²) < 4.78 is 16.7. The normalized spacial score (nSPS) is 15.2. The average molecular weight is 354 g/mol. The minimum Gasteiger partial charge on any atom is -0.497 e. The van der Waals surface area contributed by atoms with E-state index in [1.165, 1.54) is 44.1 Å². The van der Waals surface area contributed by atoms with Crippen LogP contribution in [0.1, 0.15) is 50.5 Å². The molecule has 3 rings (SSSR count). The first-order chi connectivity index (χ1) is 12.8. The lowest BCUT2D eigenvalue weighted by Gasteiger charge is -2.43. The number of unbranched alkanes of at least 4 members (excludes halogenated alkanes) is 2. The second kappa shape index (κ2) is 8.98. The van der Waals surface area contributed by atoms with E-state index in [0.29, 0.717) is 5.41 Å². The summed E-state index contributed by atoms with van der Waals surface area (Å²) in [5.41, 5.74) is 1.68. The maximum absolute atomic E-state index is 5.79. The van der Waals surface area contributed by atoms with Gasteiger partial charge in [0, 0.05) is 6.07 Å². The summed E-state index contributed by atoms with van der Waals surface area (Å²) in [4.78, 5) is 0. The first-order valence-electron chi connectivity index (χ1n) is 9.67. The molecule has 26 heavy (non-hydrogen) atoms. The fraction of sp³-hybridized carbons (Fsp3) is 0.478. The molecule has 0 spiro atoms. The van der Waals surface area contributed by atoms with Crippen LogP contribution in [0, 0.1) is 0 Å². The van der Waals surface area contributed by atoms with Crippen LogP contribution in [-0.2, 0) is 5.41 Å². The van der Waals surface area contributed by atoms with Crippen molar-refractivity contribution in [2.24, 2.45) is 0 Å². The summed E-state index contributed by atoms with van der Waals surface area (Å²) in [6.07, 6.45) is 8.62. The standard InChI is InChI=1S/C23H30O3/c1-24-21-16-19(17-22(18-21)25-2)23(13-9-14-23)12-7-4-8-15-26-20-10-5-3-6-11-20/h3,5-6,10-11,16-18H,4,7-9,12-15H2,1-2H3. The number of hydrogen-bond acceptors (Lipinski definition) is 3. The van der Waals surface area contributed by atoms with Crippen molar-refractivity contribution in [1.82, 2.24) is 0 Å². The van der Waals surface area contributed by atoms with Crippen molar-refractivity contribution in [3.05, 3.63) is 54.1 Å². The number of ether oxygens (including phenoxy) is 3. The average Bonchev–Trinajstić information content (AvgIpc) is 2.66. The van der Waals surface area contributed by atoms with E-state index in [1.54, 1.807) is 14.2 Å². The van der Waals surface area contributed by atoms with Crippen LogP contribution in [0.4, 0.5) is 0 Å². The van der Waals surface area contributed by atoms with Crippen LogP contribution >= 0.6 is 0 Å². The van der Waals surface area contributed by atoms with Crippen molar-refractivity contribution in [1.29, 1.82) is 0 Å². The van der Waals surface area contributed by atoms with Crippen molar-refractivity contribution < 1.29 is 14.2 Å². The third-order valence-electron chi connectivity index (χ3n) is 5.59. The topological polar surface area (TPSA) is 27.7 Å². The van der Waals surface area contributed by atoms with Gasteiger partial charge in [-0.2, -0.15) is 0 Å². The summed E-state index contributed by atoms with van der Waals surface area (Å²) in [6, 6.07) is 16.4. The van der Waals surface area contributed by atoms with Crippen molar-refractivity contribution in [2.45, 2.75) is 50.4 Å². The Hall–Kier alpha value is -2.16. The molecule has 2 aromatic carbocycles. The first kappa shape index (κ1) is 18.6. The largest absolute Gasteiger partial charge is 0.497 e. The highest BCUT2D eigenvalue weighted by Crippen LogP contribution is 2.49. The predicted molar refractivity (Wildman–Crippen MR) is 105 cm³/mol. The molecule has 0 N–H and O–H groups in total. The van der Waals surface area contributed by atoms with Gasteiger partial charge in [-0.3, -0.25) is 0 Å². The van der Waals surface area contributed by atoms with Gasteiger partial charge in [-0.05, 0) is 60.9 Å².